The molecule has 0 spiro atoms. The van der Waals surface area contributed by atoms with Gasteiger partial charge in [0.2, 0.25) is 15.9 Å². The second-order valence-electron chi connectivity index (χ2n) is 7.01. The number of ether oxygens (including phenoxy) is 1. The van der Waals surface area contributed by atoms with Crippen LogP contribution in [-0.2, 0) is 21.2 Å². The number of sulfonamides is 1. The molecule has 2 rings (SSSR count). The van der Waals surface area contributed by atoms with Gasteiger partial charge in [-0.1, -0.05) is 38.1 Å². The van der Waals surface area contributed by atoms with E-state index in [-0.39, 0.29) is 11.9 Å². The van der Waals surface area contributed by atoms with Crippen molar-refractivity contribution in [2.75, 3.05) is 17.7 Å². The fourth-order valence-electron chi connectivity index (χ4n) is 3.22. The number of nitrogens with one attached hydrogen (secondary N) is 1. The average Bonchev–Trinajstić information content (AvgIpc) is 2.71. The van der Waals surface area contributed by atoms with Gasteiger partial charge in [0.25, 0.3) is 0 Å². The van der Waals surface area contributed by atoms with Crippen molar-refractivity contribution in [1.29, 1.82) is 0 Å². The Morgan fingerprint density at radius 1 is 1.07 bits per heavy atom. The standard InChI is InChI=1S/C22H30N2O4S/c1-6-17-8-10-18(11-9-17)16(3)23-22(25)21(7-2)24(29(5,26)27)19-12-14-20(28-4)15-13-19/h8-16,21H,6-7H2,1-5H3,(H,23,25)/t16-,21-/m1/s1. The van der Waals surface area contributed by atoms with E-state index in [9.17, 15) is 13.2 Å². The van der Waals surface area contributed by atoms with Crippen LogP contribution in [0, 0.1) is 0 Å². The first kappa shape index (κ1) is 22.7. The van der Waals surface area contributed by atoms with Crippen LogP contribution in [0.4, 0.5) is 5.69 Å². The number of aryl methyl sites for hydroxylation is 1. The monoisotopic (exact) mass is 418 g/mol. The molecule has 6 nitrogen and oxygen atoms in total. The van der Waals surface area contributed by atoms with Gasteiger partial charge < -0.3 is 10.1 Å². The lowest BCUT2D eigenvalue weighted by Crippen LogP contribution is -2.49. The van der Waals surface area contributed by atoms with E-state index in [1.807, 2.05) is 31.2 Å². The van der Waals surface area contributed by atoms with Gasteiger partial charge in [-0.2, -0.15) is 0 Å². The minimum Gasteiger partial charge on any atom is -0.497 e. The Kier molecular flexibility index (Phi) is 7.67. The molecular weight excluding hydrogens is 388 g/mol. The summed E-state index contributed by atoms with van der Waals surface area (Å²) in [6, 6.07) is 13.6. The lowest BCUT2D eigenvalue weighted by atomic mass is 10.0. The minimum atomic E-state index is -3.67. The van der Waals surface area contributed by atoms with Gasteiger partial charge in [0, 0.05) is 0 Å². The maximum atomic E-state index is 13.0. The maximum absolute atomic E-state index is 13.0. The molecule has 0 aliphatic heterocycles. The summed E-state index contributed by atoms with van der Waals surface area (Å²) in [5.41, 5.74) is 2.62. The first-order valence-corrected chi connectivity index (χ1v) is 11.6. The van der Waals surface area contributed by atoms with E-state index in [1.54, 1.807) is 38.3 Å². The van der Waals surface area contributed by atoms with Gasteiger partial charge in [0.05, 0.1) is 25.1 Å². The van der Waals surface area contributed by atoms with E-state index in [4.69, 9.17) is 4.74 Å². The lowest BCUT2D eigenvalue weighted by Gasteiger charge is -2.31. The average molecular weight is 419 g/mol. The smallest absolute Gasteiger partial charge is 0.244 e. The van der Waals surface area contributed by atoms with Crippen LogP contribution in [0.15, 0.2) is 48.5 Å². The molecule has 158 valence electrons. The molecule has 2 aromatic rings. The molecule has 0 aliphatic carbocycles. The molecule has 0 saturated carbocycles. The number of nitrogens with zero attached hydrogens (tertiary/aromatic N) is 1. The quantitative estimate of drug-likeness (QED) is 0.674. The number of anilines is 1. The van der Waals surface area contributed by atoms with E-state index in [1.165, 1.54) is 9.87 Å². The van der Waals surface area contributed by atoms with Gasteiger partial charge in [0.15, 0.2) is 0 Å². The van der Waals surface area contributed by atoms with Gasteiger partial charge >= 0.3 is 0 Å². The van der Waals surface area contributed by atoms with Gasteiger partial charge in [-0.15, -0.1) is 0 Å². The van der Waals surface area contributed by atoms with Crippen molar-refractivity contribution in [3.8, 4) is 5.75 Å². The summed E-state index contributed by atoms with van der Waals surface area (Å²) >= 11 is 0. The first-order chi connectivity index (χ1) is 13.7. The highest BCUT2D eigenvalue weighted by molar-refractivity contribution is 7.92. The number of carbonyl (C=O) groups is 1. The van der Waals surface area contributed by atoms with Gasteiger partial charge in [-0.05, 0) is 55.2 Å². The summed E-state index contributed by atoms with van der Waals surface area (Å²) in [5.74, 6) is 0.282. The predicted octanol–water partition coefficient (Wildman–Crippen LogP) is 3.68. The Balaban J connectivity index is 2.26. The molecule has 7 heteroatoms. The molecule has 0 unspecified atom stereocenters. The van der Waals surface area contributed by atoms with E-state index >= 15 is 0 Å². The summed E-state index contributed by atoms with van der Waals surface area (Å²) < 4.78 is 31.4. The lowest BCUT2D eigenvalue weighted by molar-refractivity contribution is -0.122. The second-order valence-corrected chi connectivity index (χ2v) is 8.87. The van der Waals surface area contributed by atoms with Crippen LogP contribution in [0.1, 0.15) is 44.4 Å². The Hall–Kier alpha value is -2.54. The van der Waals surface area contributed by atoms with Crippen LogP contribution < -0.4 is 14.4 Å². The van der Waals surface area contributed by atoms with Crippen molar-refractivity contribution in [2.24, 2.45) is 0 Å². The van der Waals surface area contributed by atoms with Crippen molar-refractivity contribution in [3.63, 3.8) is 0 Å². The van der Waals surface area contributed by atoms with Crippen molar-refractivity contribution in [3.05, 3.63) is 59.7 Å². The molecule has 1 N–H and O–H groups in total. The Morgan fingerprint density at radius 3 is 2.10 bits per heavy atom. The maximum Gasteiger partial charge on any atom is 0.244 e. The minimum absolute atomic E-state index is 0.236. The molecule has 1 amide bonds. The molecule has 2 aromatic carbocycles. The molecule has 0 heterocycles. The fraction of sp³-hybridized carbons (Fsp3) is 0.409. The summed E-state index contributed by atoms with van der Waals surface area (Å²) in [6.45, 7) is 5.78. The second kappa shape index (κ2) is 9.78. The first-order valence-electron chi connectivity index (χ1n) is 9.73. The number of rotatable bonds is 9. The zero-order valence-electron chi connectivity index (χ0n) is 17.7. The van der Waals surface area contributed by atoms with Crippen molar-refractivity contribution >= 4 is 21.6 Å². The third kappa shape index (κ3) is 5.73. The molecule has 0 aromatic heterocycles. The van der Waals surface area contributed by atoms with Crippen LogP contribution >= 0.6 is 0 Å². The molecular formula is C22H30N2O4S. The Morgan fingerprint density at radius 2 is 1.66 bits per heavy atom. The van der Waals surface area contributed by atoms with Crippen molar-refractivity contribution < 1.29 is 17.9 Å². The SMILES string of the molecule is CCc1ccc([C@@H](C)NC(=O)[C@@H](CC)N(c2ccc(OC)cc2)S(C)(=O)=O)cc1. The number of carbonyl (C=O) groups excluding carboxylic acids is 1. The highest BCUT2D eigenvalue weighted by Crippen LogP contribution is 2.25. The van der Waals surface area contributed by atoms with Gasteiger partial charge in [-0.3, -0.25) is 9.10 Å². The molecule has 0 radical (unpaired) electrons. The molecule has 0 aliphatic rings. The van der Waals surface area contributed by atoms with Gasteiger partial charge in [-0.25, -0.2) is 8.42 Å². The number of hydrogen-bond acceptors (Lipinski definition) is 4. The Bertz CT molecular complexity index is 909. The number of amides is 1. The van der Waals surface area contributed by atoms with Crippen LogP contribution in [-0.4, -0.2) is 33.7 Å². The van der Waals surface area contributed by atoms with Crippen molar-refractivity contribution in [1.82, 2.24) is 5.32 Å². The van der Waals surface area contributed by atoms with Gasteiger partial charge in [0.1, 0.15) is 11.8 Å². The topological polar surface area (TPSA) is 75.7 Å². The predicted molar refractivity (Wildman–Crippen MR) is 117 cm³/mol. The summed E-state index contributed by atoms with van der Waals surface area (Å²) in [5, 5.41) is 2.96. The van der Waals surface area contributed by atoms with E-state index in [0.29, 0.717) is 17.9 Å². The largest absolute Gasteiger partial charge is 0.497 e. The van der Waals surface area contributed by atoms with Crippen LogP contribution in [0.2, 0.25) is 0 Å². The third-order valence-electron chi connectivity index (χ3n) is 4.90. The summed E-state index contributed by atoms with van der Waals surface area (Å²) in [6.07, 6.45) is 2.40. The molecule has 0 fully saturated rings. The molecule has 0 saturated heterocycles. The van der Waals surface area contributed by atoms with E-state index < -0.39 is 16.1 Å². The number of methoxy groups -OCH3 is 1. The fourth-order valence-corrected chi connectivity index (χ4v) is 4.44. The van der Waals surface area contributed by atoms with Crippen LogP contribution in [0.3, 0.4) is 0 Å². The molecule has 0 bridgehead atoms. The number of hydrogen-bond donors (Lipinski definition) is 1. The van der Waals surface area contributed by atoms with Crippen LogP contribution in [0.25, 0.3) is 0 Å². The third-order valence-corrected chi connectivity index (χ3v) is 6.08. The Labute approximate surface area is 173 Å². The normalized spacial score (nSPS) is 13.4. The van der Waals surface area contributed by atoms with E-state index in [2.05, 4.69) is 12.2 Å². The zero-order valence-corrected chi connectivity index (χ0v) is 18.5. The summed E-state index contributed by atoms with van der Waals surface area (Å²) in [4.78, 5) is 13.0. The van der Waals surface area contributed by atoms with Crippen molar-refractivity contribution in [2.45, 2.75) is 45.7 Å². The highest BCUT2D eigenvalue weighted by Gasteiger charge is 2.32. The van der Waals surface area contributed by atoms with Crippen LogP contribution in [0.5, 0.6) is 5.75 Å². The molecule has 29 heavy (non-hydrogen) atoms. The molecule has 2 atom stereocenters. The van der Waals surface area contributed by atoms with E-state index in [0.717, 1.165) is 18.2 Å². The summed E-state index contributed by atoms with van der Waals surface area (Å²) in [7, 11) is -2.13. The highest BCUT2D eigenvalue weighted by atomic mass is 32.2. The zero-order chi connectivity index (χ0) is 21.6. The number of benzene rings is 2.